The van der Waals surface area contributed by atoms with Crippen molar-refractivity contribution in [2.45, 2.75) is 56.0 Å². The van der Waals surface area contributed by atoms with E-state index in [-0.39, 0.29) is 17.3 Å². The molecule has 1 unspecified atom stereocenters. The summed E-state index contributed by atoms with van der Waals surface area (Å²) in [6.07, 6.45) is 3.63. The van der Waals surface area contributed by atoms with Crippen LogP contribution in [0.15, 0.2) is 82.6 Å². The number of thioether (sulfide) groups is 1. The third-order valence-corrected chi connectivity index (χ3v) is 9.41. The summed E-state index contributed by atoms with van der Waals surface area (Å²) in [5.41, 5.74) is 1.05. The number of ether oxygens (including phenoxy) is 1. The van der Waals surface area contributed by atoms with E-state index in [4.69, 9.17) is 16.3 Å². The van der Waals surface area contributed by atoms with Gasteiger partial charge in [0.2, 0.25) is 11.8 Å². The lowest BCUT2D eigenvalue weighted by Crippen LogP contribution is -2.51. The largest absolute Gasteiger partial charge is 0.494 e. The van der Waals surface area contributed by atoms with Crippen LogP contribution in [-0.2, 0) is 26.2 Å². The van der Waals surface area contributed by atoms with Crippen LogP contribution in [0, 0.1) is 0 Å². The summed E-state index contributed by atoms with van der Waals surface area (Å²) in [7, 11) is -4.16. The SMILES string of the molecule is CCCCNC(=O)C(C)N(Cc1ccc(Cl)cc1)C(=O)CN(c1ccc(OCC)cc1)S(=O)(=O)c1ccc(SC)cc1. The van der Waals surface area contributed by atoms with Crippen molar-refractivity contribution in [1.29, 1.82) is 0 Å². The van der Waals surface area contributed by atoms with Crippen LogP contribution in [0.3, 0.4) is 0 Å². The fourth-order valence-corrected chi connectivity index (χ4v) is 6.13. The first-order chi connectivity index (χ1) is 20.1. The number of sulfonamides is 1. The minimum atomic E-state index is -4.16. The molecule has 226 valence electrons. The molecule has 0 aliphatic carbocycles. The van der Waals surface area contributed by atoms with Crippen molar-refractivity contribution in [3.63, 3.8) is 0 Å². The number of nitrogens with zero attached hydrogens (tertiary/aromatic N) is 2. The minimum Gasteiger partial charge on any atom is -0.494 e. The first kappa shape index (κ1) is 33.3. The average molecular weight is 632 g/mol. The summed E-state index contributed by atoms with van der Waals surface area (Å²) >= 11 is 7.56. The van der Waals surface area contributed by atoms with Crippen LogP contribution in [0.5, 0.6) is 5.75 Å². The topological polar surface area (TPSA) is 96.0 Å². The number of hydrogen-bond donors (Lipinski definition) is 1. The molecule has 1 atom stereocenters. The van der Waals surface area contributed by atoms with E-state index in [1.165, 1.54) is 28.8 Å². The highest BCUT2D eigenvalue weighted by molar-refractivity contribution is 7.98. The van der Waals surface area contributed by atoms with Gasteiger partial charge in [-0.15, -0.1) is 11.8 Å². The smallest absolute Gasteiger partial charge is 0.264 e. The van der Waals surface area contributed by atoms with Gasteiger partial charge in [-0.05, 0) is 92.8 Å². The van der Waals surface area contributed by atoms with Gasteiger partial charge in [0.05, 0.1) is 17.2 Å². The van der Waals surface area contributed by atoms with Crippen LogP contribution in [0.25, 0.3) is 0 Å². The quantitative estimate of drug-likeness (QED) is 0.164. The first-order valence-electron chi connectivity index (χ1n) is 13.8. The molecule has 2 amide bonds. The standard InChI is InChI=1S/C31H38ClN3O5S2/c1-5-7-20-33-31(37)23(3)34(21-24-8-10-25(32)11-9-24)30(36)22-35(26-12-14-27(15-13-26)40-6-2)42(38,39)29-18-16-28(41-4)17-19-29/h8-19,23H,5-7,20-22H2,1-4H3,(H,33,37). The fourth-order valence-electron chi connectivity index (χ4n) is 4.18. The number of amides is 2. The van der Waals surface area contributed by atoms with E-state index in [0.29, 0.717) is 29.6 Å². The molecule has 8 nitrogen and oxygen atoms in total. The highest BCUT2D eigenvalue weighted by atomic mass is 35.5. The Hall–Kier alpha value is -3.21. The molecular formula is C31H38ClN3O5S2. The molecule has 0 aromatic heterocycles. The Bertz CT molecular complexity index is 1420. The second kappa shape index (κ2) is 15.9. The molecule has 0 saturated carbocycles. The van der Waals surface area contributed by atoms with Crippen molar-refractivity contribution in [2.75, 3.05) is 30.3 Å². The van der Waals surface area contributed by atoms with Gasteiger partial charge in [0.15, 0.2) is 0 Å². The second-order valence-electron chi connectivity index (χ2n) is 9.58. The van der Waals surface area contributed by atoms with Crippen LogP contribution in [0.1, 0.15) is 39.2 Å². The van der Waals surface area contributed by atoms with Gasteiger partial charge in [-0.25, -0.2) is 8.42 Å². The van der Waals surface area contributed by atoms with Crippen molar-refractivity contribution in [3.8, 4) is 5.75 Å². The molecule has 42 heavy (non-hydrogen) atoms. The second-order valence-corrected chi connectivity index (χ2v) is 12.8. The van der Waals surface area contributed by atoms with E-state index in [1.807, 2.05) is 20.1 Å². The van der Waals surface area contributed by atoms with E-state index in [2.05, 4.69) is 5.32 Å². The number of rotatable bonds is 15. The van der Waals surface area contributed by atoms with Crippen LogP contribution < -0.4 is 14.4 Å². The zero-order valence-corrected chi connectivity index (χ0v) is 26.8. The minimum absolute atomic E-state index is 0.0524. The van der Waals surface area contributed by atoms with Gasteiger partial charge in [-0.3, -0.25) is 13.9 Å². The maximum atomic E-state index is 14.0. The molecule has 1 N–H and O–H groups in total. The maximum Gasteiger partial charge on any atom is 0.264 e. The monoisotopic (exact) mass is 631 g/mol. The Balaban J connectivity index is 2.00. The number of anilines is 1. The summed E-state index contributed by atoms with van der Waals surface area (Å²) < 4.78 is 34.6. The highest BCUT2D eigenvalue weighted by Crippen LogP contribution is 2.28. The number of nitrogens with one attached hydrogen (secondary N) is 1. The predicted octanol–water partition coefficient (Wildman–Crippen LogP) is 5.99. The molecule has 0 saturated heterocycles. The summed E-state index contributed by atoms with van der Waals surface area (Å²) in [6, 6.07) is 19.2. The van der Waals surface area contributed by atoms with Crippen LogP contribution in [0.2, 0.25) is 5.02 Å². The van der Waals surface area contributed by atoms with Crippen molar-refractivity contribution >= 4 is 50.9 Å². The number of benzene rings is 3. The van der Waals surface area contributed by atoms with Gasteiger partial charge in [0, 0.05) is 23.0 Å². The Morgan fingerprint density at radius 2 is 1.62 bits per heavy atom. The zero-order chi connectivity index (χ0) is 30.7. The predicted molar refractivity (Wildman–Crippen MR) is 170 cm³/mol. The number of carbonyl (C=O) groups excluding carboxylic acids is 2. The molecule has 3 rings (SSSR count). The van der Waals surface area contributed by atoms with E-state index < -0.39 is 28.5 Å². The number of unbranched alkanes of at least 4 members (excludes halogenated alkanes) is 1. The Morgan fingerprint density at radius 3 is 2.19 bits per heavy atom. The van der Waals surface area contributed by atoms with Crippen molar-refractivity contribution in [3.05, 3.63) is 83.4 Å². The normalized spacial score (nSPS) is 11.9. The molecule has 0 aliphatic rings. The van der Waals surface area contributed by atoms with E-state index >= 15 is 0 Å². The van der Waals surface area contributed by atoms with E-state index in [9.17, 15) is 18.0 Å². The summed E-state index contributed by atoms with van der Waals surface area (Å²) in [6.45, 7) is 6.05. The van der Waals surface area contributed by atoms with Crippen LogP contribution in [-0.4, -0.2) is 57.1 Å². The van der Waals surface area contributed by atoms with Gasteiger partial charge in [0.25, 0.3) is 10.0 Å². The van der Waals surface area contributed by atoms with Gasteiger partial charge in [-0.1, -0.05) is 37.1 Å². The highest BCUT2D eigenvalue weighted by Gasteiger charge is 2.32. The average Bonchev–Trinajstić information content (AvgIpc) is 2.99. The number of carbonyl (C=O) groups is 2. The van der Waals surface area contributed by atoms with E-state index in [1.54, 1.807) is 67.6 Å². The molecule has 0 bridgehead atoms. The first-order valence-corrected chi connectivity index (χ1v) is 16.9. The van der Waals surface area contributed by atoms with Crippen molar-refractivity contribution in [2.24, 2.45) is 0 Å². The zero-order valence-electron chi connectivity index (χ0n) is 24.4. The van der Waals surface area contributed by atoms with Crippen molar-refractivity contribution < 1.29 is 22.7 Å². The Labute approximate surface area is 258 Å². The number of hydrogen-bond acceptors (Lipinski definition) is 6. The maximum absolute atomic E-state index is 14.0. The van der Waals surface area contributed by atoms with Crippen LogP contribution >= 0.6 is 23.4 Å². The van der Waals surface area contributed by atoms with E-state index in [0.717, 1.165) is 27.6 Å². The van der Waals surface area contributed by atoms with Gasteiger partial charge < -0.3 is 15.0 Å². The molecule has 3 aromatic carbocycles. The van der Waals surface area contributed by atoms with Gasteiger partial charge in [-0.2, -0.15) is 0 Å². The molecule has 3 aromatic rings. The van der Waals surface area contributed by atoms with Crippen LogP contribution in [0.4, 0.5) is 5.69 Å². The van der Waals surface area contributed by atoms with Gasteiger partial charge in [0.1, 0.15) is 18.3 Å². The van der Waals surface area contributed by atoms with Crippen molar-refractivity contribution in [1.82, 2.24) is 10.2 Å². The number of halogens is 1. The third kappa shape index (κ3) is 8.89. The molecular weight excluding hydrogens is 594 g/mol. The Morgan fingerprint density at radius 1 is 0.976 bits per heavy atom. The molecule has 0 heterocycles. The molecule has 0 aliphatic heterocycles. The molecule has 0 radical (unpaired) electrons. The molecule has 0 spiro atoms. The molecule has 0 fully saturated rings. The Kier molecular flexibility index (Phi) is 12.6. The van der Waals surface area contributed by atoms with Gasteiger partial charge >= 0.3 is 0 Å². The lowest BCUT2D eigenvalue weighted by molar-refractivity contribution is -0.139. The summed E-state index contributed by atoms with van der Waals surface area (Å²) in [4.78, 5) is 29.4. The third-order valence-electron chi connectivity index (χ3n) is 6.63. The summed E-state index contributed by atoms with van der Waals surface area (Å²) in [5.74, 6) is -0.258. The lowest BCUT2D eigenvalue weighted by Gasteiger charge is -2.32. The summed E-state index contributed by atoms with van der Waals surface area (Å²) in [5, 5.41) is 3.43. The molecule has 11 heteroatoms. The fraction of sp³-hybridized carbons (Fsp3) is 0.355. The lowest BCUT2D eigenvalue weighted by atomic mass is 10.1.